The van der Waals surface area contributed by atoms with Crippen LogP contribution in [-0.2, 0) is 11.3 Å². The Morgan fingerprint density at radius 1 is 1.39 bits per heavy atom. The summed E-state index contributed by atoms with van der Waals surface area (Å²) in [6, 6.07) is 7.69. The summed E-state index contributed by atoms with van der Waals surface area (Å²) in [5.41, 5.74) is 0.444. The van der Waals surface area contributed by atoms with Crippen molar-refractivity contribution in [2.24, 2.45) is 5.41 Å². The molecule has 0 spiro atoms. The summed E-state index contributed by atoms with van der Waals surface area (Å²) in [6.07, 6.45) is 0. The number of ether oxygens (including phenoxy) is 1. The standard InChI is InChI=1S/C14H20ClNO2/c1-14(2,10-15)13(17)16(3)9-11-7-5-6-8-12(11)18-4/h5-8H,9-10H2,1-4H3. The summed E-state index contributed by atoms with van der Waals surface area (Å²) in [5.74, 6) is 1.13. The lowest BCUT2D eigenvalue weighted by Gasteiger charge is -2.28. The summed E-state index contributed by atoms with van der Waals surface area (Å²) < 4.78 is 5.27. The molecule has 1 aromatic rings. The molecule has 0 saturated heterocycles. The Bertz CT molecular complexity index is 418. The number of alkyl halides is 1. The van der Waals surface area contributed by atoms with Gasteiger partial charge in [-0.25, -0.2) is 0 Å². The van der Waals surface area contributed by atoms with E-state index < -0.39 is 5.41 Å². The van der Waals surface area contributed by atoms with Gasteiger partial charge in [-0.3, -0.25) is 4.79 Å². The maximum atomic E-state index is 12.2. The number of benzene rings is 1. The van der Waals surface area contributed by atoms with E-state index in [1.807, 2.05) is 38.1 Å². The lowest BCUT2D eigenvalue weighted by Crippen LogP contribution is -2.39. The molecule has 0 radical (unpaired) electrons. The van der Waals surface area contributed by atoms with Gasteiger partial charge in [0.15, 0.2) is 0 Å². The second-order valence-electron chi connectivity index (χ2n) is 4.99. The highest BCUT2D eigenvalue weighted by Gasteiger charge is 2.29. The summed E-state index contributed by atoms with van der Waals surface area (Å²) in [7, 11) is 3.41. The lowest BCUT2D eigenvalue weighted by atomic mass is 9.94. The zero-order chi connectivity index (χ0) is 13.8. The van der Waals surface area contributed by atoms with E-state index in [0.717, 1.165) is 11.3 Å². The number of para-hydroxylation sites is 1. The molecule has 0 aliphatic carbocycles. The average Bonchev–Trinajstić information content (AvgIpc) is 2.38. The van der Waals surface area contributed by atoms with Gasteiger partial charge in [-0.1, -0.05) is 18.2 Å². The molecule has 0 aromatic heterocycles. The number of methoxy groups -OCH3 is 1. The van der Waals surface area contributed by atoms with E-state index in [9.17, 15) is 4.79 Å². The fourth-order valence-electron chi connectivity index (χ4n) is 1.73. The number of halogens is 1. The number of hydrogen-bond donors (Lipinski definition) is 0. The number of amides is 1. The van der Waals surface area contributed by atoms with E-state index in [1.54, 1.807) is 19.1 Å². The Kier molecular flexibility index (Phi) is 5.03. The molecule has 0 fully saturated rings. The molecule has 0 N–H and O–H groups in total. The van der Waals surface area contributed by atoms with Crippen molar-refractivity contribution in [2.75, 3.05) is 20.0 Å². The number of carbonyl (C=O) groups excluding carboxylic acids is 1. The van der Waals surface area contributed by atoms with E-state index in [1.165, 1.54) is 0 Å². The molecule has 0 unspecified atom stereocenters. The van der Waals surface area contributed by atoms with Crippen molar-refractivity contribution in [2.45, 2.75) is 20.4 Å². The van der Waals surface area contributed by atoms with Gasteiger partial charge in [0.25, 0.3) is 0 Å². The van der Waals surface area contributed by atoms with Gasteiger partial charge < -0.3 is 9.64 Å². The largest absolute Gasteiger partial charge is 0.496 e. The van der Waals surface area contributed by atoms with E-state index >= 15 is 0 Å². The summed E-state index contributed by atoms with van der Waals surface area (Å²) >= 11 is 5.82. The lowest BCUT2D eigenvalue weighted by molar-refractivity contribution is -0.138. The van der Waals surface area contributed by atoms with Crippen LogP contribution in [0.15, 0.2) is 24.3 Å². The van der Waals surface area contributed by atoms with Crippen LogP contribution in [-0.4, -0.2) is 30.8 Å². The molecule has 0 aliphatic rings. The Balaban J connectivity index is 2.82. The zero-order valence-electron chi connectivity index (χ0n) is 11.4. The van der Waals surface area contributed by atoms with Crippen LogP contribution < -0.4 is 4.74 Å². The first kappa shape index (κ1) is 14.8. The third-order valence-corrected chi connectivity index (χ3v) is 3.53. The Labute approximate surface area is 114 Å². The molecule has 1 aromatic carbocycles. The van der Waals surface area contributed by atoms with Crippen molar-refractivity contribution in [3.05, 3.63) is 29.8 Å². The van der Waals surface area contributed by atoms with Crippen molar-refractivity contribution in [3.8, 4) is 5.75 Å². The van der Waals surface area contributed by atoms with Gasteiger partial charge in [0.2, 0.25) is 5.91 Å². The second-order valence-corrected chi connectivity index (χ2v) is 5.26. The minimum absolute atomic E-state index is 0.0309. The molecule has 0 bridgehead atoms. The van der Waals surface area contributed by atoms with Gasteiger partial charge in [0.05, 0.1) is 12.5 Å². The number of nitrogens with zero attached hydrogens (tertiary/aromatic N) is 1. The maximum Gasteiger partial charge on any atom is 0.229 e. The Morgan fingerprint density at radius 3 is 2.56 bits per heavy atom. The van der Waals surface area contributed by atoms with Crippen molar-refractivity contribution in [1.29, 1.82) is 0 Å². The summed E-state index contributed by atoms with van der Waals surface area (Å²) in [5, 5.41) is 0. The van der Waals surface area contributed by atoms with E-state index in [4.69, 9.17) is 16.3 Å². The Morgan fingerprint density at radius 2 is 2.00 bits per heavy atom. The number of hydrogen-bond acceptors (Lipinski definition) is 2. The normalized spacial score (nSPS) is 11.2. The van der Waals surface area contributed by atoms with Crippen molar-refractivity contribution < 1.29 is 9.53 Å². The third-order valence-electron chi connectivity index (χ3n) is 2.86. The highest BCUT2D eigenvalue weighted by molar-refractivity contribution is 6.19. The van der Waals surface area contributed by atoms with Crippen molar-refractivity contribution in [3.63, 3.8) is 0 Å². The Hall–Kier alpha value is -1.22. The molecule has 1 amide bonds. The SMILES string of the molecule is COc1ccccc1CN(C)C(=O)C(C)(C)CCl. The van der Waals surface area contributed by atoms with Gasteiger partial charge in [-0.05, 0) is 19.9 Å². The first-order valence-electron chi connectivity index (χ1n) is 5.86. The maximum absolute atomic E-state index is 12.2. The molecular weight excluding hydrogens is 250 g/mol. The quantitative estimate of drug-likeness (QED) is 0.769. The monoisotopic (exact) mass is 269 g/mol. The van der Waals surface area contributed by atoms with Crippen LogP contribution >= 0.6 is 11.6 Å². The molecule has 18 heavy (non-hydrogen) atoms. The second kappa shape index (κ2) is 6.10. The molecule has 3 nitrogen and oxygen atoms in total. The van der Waals surface area contributed by atoms with E-state index in [-0.39, 0.29) is 5.91 Å². The zero-order valence-corrected chi connectivity index (χ0v) is 12.1. The van der Waals surface area contributed by atoms with Crippen LogP contribution in [0.25, 0.3) is 0 Å². The first-order chi connectivity index (χ1) is 8.42. The molecular formula is C14H20ClNO2. The topological polar surface area (TPSA) is 29.5 Å². The summed E-state index contributed by atoms with van der Waals surface area (Å²) in [4.78, 5) is 13.9. The van der Waals surface area contributed by atoms with Gasteiger partial charge in [0, 0.05) is 25.0 Å². The van der Waals surface area contributed by atoms with Gasteiger partial charge in [-0.15, -0.1) is 11.6 Å². The van der Waals surface area contributed by atoms with Gasteiger partial charge >= 0.3 is 0 Å². The minimum Gasteiger partial charge on any atom is -0.496 e. The fraction of sp³-hybridized carbons (Fsp3) is 0.500. The average molecular weight is 270 g/mol. The van der Waals surface area contributed by atoms with Crippen LogP contribution in [0.5, 0.6) is 5.75 Å². The van der Waals surface area contributed by atoms with Crippen LogP contribution in [0.1, 0.15) is 19.4 Å². The molecule has 0 saturated carbocycles. The third kappa shape index (κ3) is 3.39. The molecule has 1 rings (SSSR count). The van der Waals surface area contributed by atoms with Crippen LogP contribution in [0.4, 0.5) is 0 Å². The van der Waals surface area contributed by atoms with Crippen LogP contribution in [0.3, 0.4) is 0 Å². The van der Waals surface area contributed by atoms with E-state index in [2.05, 4.69) is 0 Å². The van der Waals surface area contributed by atoms with Gasteiger partial charge in [-0.2, -0.15) is 0 Å². The molecule has 0 atom stereocenters. The fourth-order valence-corrected chi connectivity index (χ4v) is 1.85. The number of carbonyl (C=O) groups is 1. The van der Waals surface area contributed by atoms with Crippen LogP contribution in [0.2, 0.25) is 0 Å². The molecule has 0 heterocycles. The first-order valence-corrected chi connectivity index (χ1v) is 6.39. The minimum atomic E-state index is -0.543. The van der Waals surface area contributed by atoms with Crippen molar-refractivity contribution >= 4 is 17.5 Å². The molecule has 100 valence electrons. The van der Waals surface area contributed by atoms with Gasteiger partial charge in [0.1, 0.15) is 5.75 Å². The predicted molar refractivity (Wildman–Crippen MR) is 74.0 cm³/mol. The summed E-state index contributed by atoms with van der Waals surface area (Å²) in [6.45, 7) is 4.21. The molecule has 0 aliphatic heterocycles. The van der Waals surface area contributed by atoms with Crippen LogP contribution in [0, 0.1) is 5.41 Å². The smallest absolute Gasteiger partial charge is 0.229 e. The van der Waals surface area contributed by atoms with E-state index in [0.29, 0.717) is 12.4 Å². The predicted octanol–water partition coefficient (Wildman–Crippen LogP) is 2.92. The number of rotatable bonds is 5. The highest BCUT2D eigenvalue weighted by atomic mass is 35.5. The highest BCUT2D eigenvalue weighted by Crippen LogP contribution is 2.23. The van der Waals surface area contributed by atoms with Crippen molar-refractivity contribution in [1.82, 2.24) is 4.90 Å². The molecule has 4 heteroatoms.